The fourth-order valence-corrected chi connectivity index (χ4v) is 3.43. The summed E-state index contributed by atoms with van der Waals surface area (Å²) in [6.45, 7) is 1.50. The second kappa shape index (κ2) is 8.26. The molecule has 2 aromatic carbocycles. The van der Waals surface area contributed by atoms with Gasteiger partial charge >= 0.3 is 6.03 Å². The van der Waals surface area contributed by atoms with Gasteiger partial charge in [-0.3, -0.25) is 0 Å². The third-order valence-corrected chi connectivity index (χ3v) is 4.86. The molecule has 1 N–H and O–H groups in total. The van der Waals surface area contributed by atoms with Crippen LogP contribution >= 0.6 is 11.6 Å². The highest BCUT2D eigenvalue weighted by molar-refractivity contribution is 6.30. The van der Waals surface area contributed by atoms with Gasteiger partial charge in [0.2, 0.25) is 0 Å². The second-order valence-electron chi connectivity index (χ2n) is 6.35. The van der Waals surface area contributed by atoms with Crippen LogP contribution in [0.2, 0.25) is 5.02 Å². The van der Waals surface area contributed by atoms with E-state index < -0.39 is 0 Å². The summed E-state index contributed by atoms with van der Waals surface area (Å²) in [7, 11) is 1.67. The molecule has 1 saturated heterocycles. The van der Waals surface area contributed by atoms with Crippen molar-refractivity contribution in [3.63, 3.8) is 0 Å². The molecule has 5 heteroatoms. The van der Waals surface area contributed by atoms with Gasteiger partial charge in [-0.05, 0) is 48.7 Å². The Morgan fingerprint density at radius 3 is 2.72 bits per heavy atom. The van der Waals surface area contributed by atoms with Crippen LogP contribution in [0.15, 0.2) is 48.5 Å². The molecule has 1 atom stereocenters. The number of benzene rings is 2. The normalized spacial score (nSPS) is 17.7. The number of carbonyl (C=O) groups excluding carboxylic acids is 1. The Bertz CT molecular complexity index is 718. The highest BCUT2D eigenvalue weighted by Gasteiger charge is 2.23. The van der Waals surface area contributed by atoms with Crippen molar-refractivity contribution in [2.45, 2.75) is 25.2 Å². The zero-order valence-electron chi connectivity index (χ0n) is 14.4. The number of nitrogens with zero attached hydrogens (tertiary/aromatic N) is 1. The molecule has 2 amide bonds. The van der Waals surface area contributed by atoms with E-state index in [1.54, 1.807) is 19.2 Å². The first-order valence-electron chi connectivity index (χ1n) is 8.61. The van der Waals surface area contributed by atoms with E-state index in [0.717, 1.165) is 43.8 Å². The molecule has 1 heterocycles. The molecule has 0 aliphatic carbocycles. The first kappa shape index (κ1) is 17.6. The lowest BCUT2D eigenvalue weighted by Crippen LogP contribution is -2.37. The SMILES string of the molecule is COc1ccc(C2CCCCN(C(=O)Nc3cccc(Cl)c3)C2)cc1. The molecule has 0 saturated carbocycles. The van der Waals surface area contributed by atoms with Gasteiger partial charge in [0.1, 0.15) is 5.75 Å². The molecule has 0 bridgehead atoms. The van der Waals surface area contributed by atoms with Gasteiger partial charge in [0.25, 0.3) is 0 Å². The van der Waals surface area contributed by atoms with E-state index in [-0.39, 0.29) is 6.03 Å². The highest BCUT2D eigenvalue weighted by atomic mass is 35.5. The number of urea groups is 1. The van der Waals surface area contributed by atoms with E-state index in [2.05, 4.69) is 17.4 Å². The summed E-state index contributed by atoms with van der Waals surface area (Å²) in [6, 6.07) is 15.3. The molecule has 0 aromatic heterocycles. The Labute approximate surface area is 153 Å². The smallest absolute Gasteiger partial charge is 0.321 e. The fraction of sp³-hybridized carbons (Fsp3) is 0.350. The Morgan fingerprint density at radius 2 is 2.00 bits per heavy atom. The lowest BCUT2D eigenvalue weighted by atomic mass is 9.94. The molecule has 1 aliphatic rings. The van der Waals surface area contributed by atoms with Crippen molar-refractivity contribution in [2.75, 3.05) is 25.5 Å². The van der Waals surface area contributed by atoms with Crippen LogP contribution in [0.3, 0.4) is 0 Å². The van der Waals surface area contributed by atoms with E-state index in [1.807, 2.05) is 29.2 Å². The zero-order chi connectivity index (χ0) is 17.6. The Morgan fingerprint density at radius 1 is 1.20 bits per heavy atom. The summed E-state index contributed by atoms with van der Waals surface area (Å²) in [6.07, 6.45) is 3.24. The molecule has 132 valence electrons. The quantitative estimate of drug-likeness (QED) is 0.824. The van der Waals surface area contributed by atoms with Crippen molar-refractivity contribution in [2.24, 2.45) is 0 Å². The maximum absolute atomic E-state index is 12.7. The molecule has 4 nitrogen and oxygen atoms in total. The lowest BCUT2D eigenvalue weighted by Gasteiger charge is -2.25. The number of likely N-dealkylation sites (tertiary alicyclic amines) is 1. The average Bonchev–Trinajstić information content (AvgIpc) is 2.88. The summed E-state index contributed by atoms with van der Waals surface area (Å²) in [5.74, 6) is 1.20. The molecular weight excluding hydrogens is 336 g/mol. The second-order valence-corrected chi connectivity index (χ2v) is 6.79. The number of nitrogens with one attached hydrogen (secondary N) is 1. The highest BCUT2D eigenvalue weighted by Crippen LogP contribution is 2.28. The van der Waals surface area contributed by atoms with Crippen molar-refractivity contribution >= 4 is 23.3 Å². The van der Waals surface area contributed by atoms with Gasteiger partial charge < -0.3 is 15.0 Å². The molecule has 25 heavy (non-hydrogen) atoms. The topological polar surface area (TPSA) is 41.6 Å². The van der Waals surface area contributed by atoms with Crippen LogP contribution < -0.4 is 10.1 Å². The predicted octanol–water partition coefficient (Wildman–Crippen LogP) is 5.15. The van der Waals surface area contributed by atoms with Gasteiger partial charge in [-0.2, -0.15) is 0 Å². The van der Waals surface area contributed by atoms with Crippen molar-refractivity contribution in [3.05, 3.63) is 59.1 Å². The number of halogens is 1. The number of rotatable bonds is 3. The summed E-state index contributed by atoms with van der Waals surface area (Å²) < 4.78 is 5.23. The van der Waals surface area contributed by atoms with Gasteiger partial charge in [-0.25, -0.2) is 4.79 Å². The van der Waals surface area contributed by atoms with E-state index in [4.69, 9.17) is 16.3 Å². The summed E-state index contributed by atoms with van der Waals surface area (Å²) in [4.78, 5) is 14.6. The number of amides is 2. The van der Waals surface area contributed by atoms with Crippen LogP contribution in [0.4, 0.5) is 10.5 Å². The Hall–Kier alpha value is -2.20. The Kier molecular flexibility index (Phi) is 5.82. The van der Waals surface area contributed by atoms with Crippen LogP contribution in [0.1, 0.15) is 30.7 Å². The van der Waals surface area contributed by atoms with Crippen molar-refractivity contribution < 1.29 is 9.53 Å². The van der Waals surface area contributed by atoms with Crippen LogP contribution in [-0.2, 0) is 0 Å². The lowest BCUT2D eigenvalue weighted by molar-refractivity contribution is 0.211. The number of carbonyl (C=O) groups is 1. The predicted molar refractivity (Wildman–Crippen MR) is 102 cm³/mol. The molecule has 2 aromatic rings. The van der Waals surface area contributed by atoms with E-state index in [9.17, 15) is 4.79 Å². The van der Waals surface area contributed by atoms with E-state index in [0.29, 0.717) is 10.9 Å². The third kappa shape index (κ3) is 4.67. The van der Waals surface area contributed by atoms with Crippen molar-refractivity contribution in [1.82, 2.24) is 4.90 Å². The largest absolute Gasteiger partial charge is 0.497 e. The molecule has 0 radical (unpaired) electrons. The minimum atomic E-state index is -0.0670. The average molecular weight is 359 g/mol. The summed E-state index contributed by atoms with van der Waals surface area (Å²) in [5.41, 5.74) is 1.98. The number of hydrogen-bond acceptors (Lipinski definition) is 2. The summed E-state index contributed by atoms with van der Waals surface area (Å²) >= 11 is 5.99. The van der Waals surface area contributed by atoms with Crippen LogP contribution in [0, 0.1) is 0 Å². The van der Waals surface area contributed by atoms with Crippen LogP contribution in [-0.4, -0.2) is 31.1 Å². The third-order valence-electron chi connectivity index (χ3n) is 4.62. The molecule has 0 spiro atoms. The van der Waals surface area contributed by atoms with E-state index >= 15 is 0 Å². The Balaban J connectivity index is 1.69. The molecule has 1 aliphatic heterocycles. The van der Waals surface area contributed by atoms with Crippen LogP contribution in [0.25, 0.3) is 0 Å². The summed E-state index contributed by atoms with van der Waals surface area (Å²) in [5, 5.41) is 3.57. The number of anilines is 1. The number of ether oxygens (including phenoxy) is 1. The first-order valence-corrected chi connectivity index (χ1v) is 8.99. The molecular formula is C20H23ClN2O2. The minimum Gasteiger partial charge on any atom is -0.497 e. The minimum absolute atomic E-state index is 0.0670. The van der Waals surface area contributed by atoms with Gasteiger partial charge in [-0.1, -0.05) is 36.2 Å². The number of hydrogen-bond donors (Lipinski definition) is 1. The first-order chi connectivity index (χ1) is 12.2. The molecule has 1 fully saturated rings. The monoisotopic (exact) mass is 358 g/mol. The van der Waals surface area contributed by atoms with Crippen molar-refractivity contribution in [3.8, 4) is 5.75 Å². The molecule has 1 unspecified atom stereocenters. The van der Waals surface area contributed by atoms with Gasteiger partial charge in [-0.15, -0.1) is 0 Å². The fourth-order valence-electron chi connectivity index (χ4n) is 3.24. The number of methoxy groups -OCH3 is 1. The zero-order valence-corrected chi connectivity index (χ0v) is 15.1. The standard InChI is InChI=1S/C20H23ClN2O2/c1-25-19-10-8-15(9-11-19)16-5-2-3-12-23(14-16)20(24)22-18-7-4-6-17(21)13-18/h4,6-11,13,16H,2-3,5,12,14H2,1H3,(H,22,24). The van der Waals surface area contributed by atoms with Crippen molar-refractivity contribution in [1.29, 1.82) is 0 Å². The van der Waals surface area contributed by atoms with Crippen LogP contribution in [0.5, 0.6) is 5.75 Å². The van der Waals surface area contributed by atoms with Gasteiger partial charge in [0.05, 0.1) is 7.11 Å². The molecule has 3 rings (SSSR count). The van der Waals surface area contributed by atoms with Gasteiger partial charge in [0, 0.05) is 29.7 Å². The van der Waals surface area contributed by atoms with Gasteiger partial charge in [0.15, 0.2) is 0 Å². The maximum Gasteiger partial charge on any atom is 0.321 e. The maximum atomic E-state index is 12.7. The van der Waals surface area contributed by atoms with E-state index in [1.165, 1.54) is 5.56 Å².